The lowest BCUT2D eigenvalue weighted by Crippen LogP contribution is -2.55. The van der Waals surface area contributed by atoms with E-state index in [1.807, 2.05) is 0 Å². The molecule has 0 aromatic heterocycles. The second-order valence-electron chi connectivity index (χ2n) is 13.4. The third-order valence-corrected chi connectivity index (χ3v) is 8.74. The lowest BCUT2D eigenvalue weighted by Gasteiger charge is -2.34. The van der Waals surface area contributed by atoms with Crippen LogP contribution in [0, 0.1) is 10.8 Å². The Morgan fingerprint density at radius 3 is 1.30 bits per heavy atom. The van der Waals surface area contributed by atoms with E-state index in [0.29, 0.717) is 0 Å². The summed E-state index contributed by atoms with van der Waals surface area (Å²) < 4.78 is 178. The molecule has 0 spiro atoms. The smallest absolute Gasteiger partial charge is 0.349 e. The number of alkyl halides is 6. The SMILES string of the molecule is CC(C)(C)CNCCN(CCN(CCN(CCNC(=O)C(F)(F)S(=O)(=O)O)CC(C)(C)C)C(=O)C(F)(F)S(=O)(=O)O)C(=O)C(F)(F)S(=O)(=O)O. The van der Waals surface area contributed by atoms with Crippen LogP contribution in [-0.2, 0) is 44.7 Å². The van der Waals surface area contributed by atoms with Gasteiger partial charge in [-0.05, 0) is 10.8 Å². The number of carbonyl (C=O) groups is 3. The van der Waals surface area contributed by atoms with Crippen molar-refractivity contribution >= 4 is 48.1 Å². The molecule has 50 heavy (non-hydrogen) atoms. The highest BCUT2D eigenvalue weighted by atomic mass is 32.2. The first-order valence-electron chi connectivity index (χ1n) is 14.3. The summed E-state index contributed by atoms with van der Waals surface area (Å²) >= 11 is 0. The quantitative estimate of drug-likeness (QED) is 0.0627. The summed E-state index contributed by atoms with van der Waals surface area (Å²) in [6.07, 6.45) is 0. The van der Waals surface area contributed by atoms with Crippen LogP contribution in [0.3, 0.4) is 0 Å². The Labute approximate surface area is 286 Å². The number of nitrogens with one attached hydrogen (secondary N) is 2. The molecule has 0 aliphatic carbocycles. The van der Waals surface area contributed by atoms with Crippen molar-refractivity contribution in [2.45, 2.75) is 57.3 Å². The van der Waals surface area contributed by atoms with E-state index >= 15 is 0 Å². The molecule has 0 bridgehead atoms. The van der Waals surface area contributed by atoms with Crippen LogP contribution in [0.5, 0.6) is 0 Å². The molecule has 3 amide bonds. The van der Waals surface area contributed by atoms with Gasteiger partial charge >= 0.3 is 63.8 Å². The number of amides is 3. The van der Waals surface area contributed by atoms with Gasteiger partial charge in [0.05, 0.1) is 0 Å². The van der Waals surface area contributed by atoms with Crippen molar-refractivity contribution in [3.8, 4) is 0 Å². The number of hydrogen-bond acceptors (Lipinski definition) is 11. The van der Waals surface area contributed by atoms with E-state index < -0.39 is 115 Å². The van der Waals surface area contributed by atoms with Gasteiger partial charge in [0.1, 0.15) is 0 Å². The highest BCUT2D eigenvalue weighted by Gasteiger charge is 2.56. The summed E-state index contributed by atoms with van der Waals surface area (Å²) in [5, 5.41) is -11.9. The summed E-state index contributed by atoms with van der Waals surface area (Å²) in [6.45, 7) is 4.15. The molecule has 0 unspecified atom stereocenters. The van der Waals surface area contributed by atoms with Crippen molar-refractivity contribution in [3.63, 3.8) is 0 Å². The Morgan fingerprint density at radius 2 is 0.940 bits per heavy atom. The zero-order chi connectivity index (χ0) is 39.9. The van der Waals surface area contributed by atoms with Crippen LogP contribution in [0.25, 0.3) is 0 Å². The molecule has 0 aromatic carbocycles. The van der Waals surface area contributed by atoms with Crippen molar-refractivity contribution in [3.05, 3.63) is 0 Å². The van der Waals surface area contributed by atoms with Gasteiger partial charge in [0.25, 0.3) is 0 Å². The Morgan fingerprint density at radius 1 is 0.560 bits per heavy atom. The molecule has 0 aromatic rings. The molecule has 17 nitrogen and oxygen atoms in total. The highest BCUT2D eigenvalue weighted by Crippen LogP contribution is 2.26. The fraction of sp³-hybridized carbons (Fsp3) is 0.875. The maximum Gasteiger partial charge on any atom is 0.446 e. The molecule has 0 saturated carbocycles. The van der Waals surface area contributed by atoms with Gasteiger partial charge in [0.15, 0.2) is 0 Å². The van der Waals surface area contributed by atoms with Gasteiger partial charge in [0.2, 0.25) is 0 Å². The number of nitrogens with zero attached hydrogens (tertiary/aromatic N) is 3. The van der Waals surface area contributed by atoms with E-state index in [1.54, 1.807) is 41.5 Å². The summed E-state index contributed by atoms with van der Waals surface area (Å²) in [7, 11) is -19.0. The molecule has 0 rings (SSSR count). The van der Waals surface area contributed by atoms with Crippen LogP contribution in [0.15, 0.2) is 0 Å². The molecule has 0 radical (unpaired) electrons. The topological polar surface area (TPSA) is 248 Å². The van der Waals surface area contributed by atoms with Crippen LogP contribution in [0.4, 0.5) is 26.3 Å². The van der Waals surface area contributed by atoms with Crippen LogP contribution in [0.1, 0.15) is 41.5 Å². The summed E-state index contributed by atoms with van der Waals surface area (Å²) in [4.78, 5) is 38.2. The lowest BCUT2D eigenvalue weighted by atomic mass is 9.96. The maximum atomic E-state index is 14.5. The number of carbonyl (C=O) groups excluding carboxylic acids is 3. The largest absolute Gasteiger partial charge is 0.446 e. The summed E-state index contributed by atoms with van der Waals surface area (Å²) in [5.41, 5.74) is -1.07. The average molecular weight is 804 g/mol. The minimum absolute atomic E-state index is 0.0168. The Hall–Kier alpha value is -2.36. The van der Waals surface area contributed by atoms with Gasteiger partial charge in [-0.3, -0.25) is 32.9 Å². The molecule has 26 heteroatoms. The van der Waals surface area contributed by atoms with Gasteiger partial charge in [0, 0.05) is 65.4 Å². The molecule has 0 aliphatic heterocycles. The van der Waals surface area contributed by atoms with Gasteiger partial charge in [-0.25, -0.2) is 0 Å². The fourth-order valence-electron chi connectivity index (χ4n) is 3.89. The monoisotopic (exact) mass is 803 g/mol. The minimum atomic E-state index is -6.44. The van der Waals surface area contributed by atoms with Gasteiger partial charge in [-0.1, -0.05) is 41.5 Å². The lowest BCUT2D eigenvalue weighted by molar-refractivity contribution is -0.151. The first-order valence-corrected chi connectivity index (χ1v) is 18.7. The van der Waals surface area contributed by atoms with Crippen molar-refractivity contribution in [2.24, 2.45) is 10.8 Å². The number of hydrogen-bond donors (Lipinski definition) is 5. The standard InChI is InChI=1S/C24H43F6N5O12S3/c1-20(2,3)15-31-7-10-34(18(37)23(27,28)49(42,43)44)13-14-35(19(38)24(29,30)50(45,46)47)12-11-33(16-21(4,5)6)9-8-32-17(36)22(25,26)48(39,40)41/h31H,7-16H2,1-6H3,(H,32,36)(H,39,40,41)(H,42,43,44)(H,45,46,47). The molecular weight excluding hydrogens is 760 g/mol. The van der Waals surface area contributed by atoms with Gasteiger partial charge in [-0.15, -0.1) is 0 Å². The van der Waals surface area contributed by atoms with Crippen LogP contribution in [0.2, 0.25) is 0 Å². The third-order valence-electron chi connectivity index (χ3n) is 6.26. The fourth-order valence-corrected chi connectivity index (χ4v) is 4.89. The first-order chi connectivity index (χ1) is 22.0. The molecule has 0 saturated heterocycles. The van der Waals surface area contributed by atoms with E-state index in [4.69, 9.17) is 13.7 Å². The maximum absolute atomic E-state index is 14.5. The number of rotatable bonds is 20. The van der Waals surface area contributed by atoms with Crippen LogP contribution >= 0.6 is 0 Å². The molecule has 0 heterocycles. The Balaban J connectivity index is 6.43. The predicted molar refractivity (Wildman–Crippen MR) is 164 cm³/mol. The molecule has 296 valence electrons. The third kappa shape index (κ3) is 14.3. The molecule has 0 aliphatic rings. The second-order valence-corrected chi connectivity index (χ2v) is 17.8. The zero-order valence-corrected chi connectivity index (χ0v) is 30.4. The van der Waals surface area contributed by atoms with Crippen molar-refractivity contribution in [1.29, 1.82) is 0 Å². The van der Waals surface area contributed by atoms with Gasteiger partial charge < -0.3 is 20.4 Å². The van der Waals surface area contributed by atoms with E-state index in [2.05, 4.69) is 5.32 Å². The highest BCUT2D eigenvalue weighted by molar-refractivity contribution is 7.88. The van der Waals surface area contributed by atoms with Gasteiger partial charge in [-0.2, -0.15) is 51.6 Å². The molecule has 5 N–H and O–H groups in total. The normalized spacial score (nSPS) is 14.1. The van der Waals surface area contributed by atoms with Crippen molar-refractivity contribution in [2.75, 3.05) is 65.4 Å². The van der Waals surface area contributed by atoms with E-state index in [-0.39, 0.29) is 34.8 Å². The minimum Gasteiger partial charge on any atom is -0.349 e. The van der Waals surface area contributed by atoms with Crippen molar-refractivity contribution < 1.29 is 79.6 Å². The van der Waals surface area contributed by atoms with Crippen LogP contribution in [-0.4, -0.2) is 153 Å². The molecular formula is C24H43F6N5O12S3. The van der Waals surface area contributed by atoms with Crippen molar-refractivity contribution in [1.82, 2.24) is 25.3 Å². The van der Waals surface area contributed by atoms with E-state index in [9.17, 15) is 66.0 Å². The van der Waals surface area contributed by atoms with Crippen LogP contribution < -0.4 is 10.6 Å². The Bertz CT molecular complexity index is 1530. The van der Waals surface area contributed by atoms with E-state index in [0.717, 1.165) is 0 Å². The molecule has 0 fully saturated rings. The predicted octanol–water partition coefficient (Wildman–Crippen LogP) is 0.185. The van der Waals surface area contributed by atoms with E-state index in [1.165, 1.54) is 10.2 Å². The summed E-state index contributed by atoms with van der Waals surface area (Å²) in [6, 6.07) is 0. The Kier molecular flexibility index (Phi) is 16.2. The second kappa shape index (κ2) is 17.0. The zero-order valence-electron chi connectivity index (χ0n) is 27.9. The average Bonchev–Trinajstić information content (AvgIpc) is 2.89. The molecule has 0 atom stereocenters. The number of halogens is 6. The first kappa shape index (κ1) is 47.6. The summed E-state index contributed by atoms with van der Waals surface area (Å²) in [5.74, 6) is -7.57.